The molecule has 0 bridgehead atoms. The van der Waals surface area contributed by atoms with E-state index >= 15 is 0 Å². The molecule has 1 N–H and O–H groups in total. The molecule has 186 valence electrons. The molecule has 2 saturated carbocycles. The monoisotopic (exact) mass is 512 g/mol. The maximum Gasteiger partial charge on any atom is 0.240 e. The summed E-state index contributed by atoms with van der Waals surface area (Å²) in [6, 6.07) is 0.140. The number of halogens is 1. The van der Waals surface area contributed by atoms with Crippen molar-refractivity contribution in [3.05, 3.63) is 29.1 Å². The van der Waals surface area contributed by atoms with Crippen molar-refractivity contribution < 1.29 is 22.6 Å². The third-order valence-electron chi connectivity index (χ3n) is 6.63. The second-order valence-electron chi connectivity index (χ2n) is 9.12. The lowest BCUT2D eigenvalue weighted by atomic mass is 10.1. The van der Waals surface area contributed by atoms with Crippen LogP contribution in [0.25, 0.3) is 0 Å². The molecule has 1 saturated heterocycles. The van der Waals surface area contributed by atoms with Gasteiger partial charge in [0.25, 0.3) is 0 Å². The lowest BCUT2D eigenvalue weighted by molar-refractivity contribution is -0.0953. The average Bonchev–Trinajstić information content (AvgIpc) is 3.76. The fourth-order valence-corrected chi connectivity index (χ4v) is 5.80. The van der Waals surface area contributed by atoms with Crippen LogP contribution in [-0.4, -0.2) is 65.3 Å². The van der Waals surface area contributed by atoms with Gasteiger partial charge in [-0.3, -0.25) is 9.29 Å². The van der Waals surface area contributed by atoms with Crippen LogP contribution in [-0.2, 0) is 24.2 Å². The highest BCUT2D eigenvalue weighted by Crippen LogP contribution is 2.53. The normalized spacial score (nSPS) is 23.1. The van der Waals surface area contributed by atoms with Crippen molar-refractivity contribution >= 4 is 27.6 Å². The minimum atomic E-state index is -3.95. The molecule has 0 unspecified atom stereocenters. The van der Waals surface area contributed by atoms with Crippen LogP contribution in [0.3, 0.4) is 0 Å². The molecule has 13 heteroatoms. The molecule has 0 amide bonds. The molecule has 2 aliphatic carbocycles. The van der Waals surface area contributed by atoms with Crippen LogP contribution in [0.2, 0.25) is 5.02 Å². The molecule has 0 spiro atoms. The molecule has 5 rings (SSSR count). The van der Waals surface area contributed by atoms with Crippen molar-refractivity contribution in [1.82, 2.24) is 24.7 Å². The van der Waals surface area contributed by atoms with Gasteiger partial charge in [-0.2, -0.15) is 0 Å². The minimum Gasteiger partial charge on any atom is -0.376 e. The van der Waals surface area contributed by atoms with Gasteiger partial charge >= 0.3 is 0 Å². The first kappa shape index (κ1) is 23.9. The van der Waals surface area contributed by atoms with Gasteiger partial charge in [0.05, 0.1) is 24.8 Å². The number of anilines is 1. The number of ether oxygens (including phenoxy) is 3. The van der Waals surface area contributed by atoms with Crippen molar-refractivity contribution in [2.45, 2.75) is 56.1 Å². The maximum atomic E-state index is 13.5. The fourth-order valence-electron chi connectivity index (χ4n) is 4.56. The van der Waals surface area contributed by atoms with E-state index in [-0.39, 0.29) is 23.9 Å². The van der Waals surface area contributed by atoms with Crippen LogP contribution in [0, 0.1) is 11.8 Å². The lowest BCUT2D eigenvalue weighted by Crippen LogP contribution is -2.34. The van der Waals surface area contributed by atoms with E-state index in [2.05, 4.69) is 24.9 Å². The van der Waals surface area contributed by atoms with E-state index in [1.807, 2.05) is 4.57 Å². The Morgan fingerprint density at radius 2 is 1.82 bits per heavy atom. The Hall–Kier alpha value is -1.86. The van der Waals surface area contributed by atoms with Gasteiger partial charge in [-0.1, -0.05) is 11.6 Å². The quantitative estimate of drug-likeness (QED) is 0.510. The highest BCUT2D eigenvalue weighted by atomic mass is 35.5. The summed E-state index contributed by atoms with van der Waals surface area (Å²) in [7, 11) is -2.53. The van der Waals surface area contributed by atoms with Gasteiger partial charge in [0.1, 0.15) is 17.5 Å². The molecule has 0 aromatic carbocycles. The molecule has 2 aromatic rings. The van der Waals surface area contributed by atoms with Gasteiger partial charge in [0.2, 0.25) is 16.0 Å². The smallest absolute Gasteiger partial charge is 0.240 e. The number of methoxy groups -OCH3 is 1. The van der Waals surface area contributed by atoms with Crippen molar-refractivity contribution in [1.29, 1.82) is 0 Å². The van der Waals surface area contributed by atoms with Crippen molar-refractivity contribution in [3.8, 4) is 0 Å². The Kier molecular flexibility index (Phi) is 6.77. The van der Waals surface area contributed by atoms with E-state index in [0.29, 0.717) is 42.5 Å². The van der Waals surface area contributed by atoms with Gasteiger partial charge in [0, 0.05) is 25.5 Å². The lowest BCUT2D eigenvalue weighted by Gasteiger charge is -2.28. The van der Waals surface area contributed by atoms with E-state index in [1.54, 1.807) is 6.92 Å². The third kappa shape index (κ3) is 4.92. The van der Waals surface area contributed by atoms with Gasteiger partial charge in [-0.15, -0.1) is 10.2 Å². The molecule has 2 aromatic heterocycles. The number of sulfonamides is 1. The topological polar surface area (TPSA) is 130 Å². The predicted molar refractivity (Wildman–Crippen MR) is 123 cm³/mol. The third-order valence-corrected chi connectivity index (χ3v) is 8.52. The Bertz CT molecular complexity index is 1090. The number of nitrogens with one attached hydrogen (secondary N) is 1. The predicted octanol–water partition coefficient (Wildman–Crippen LogP) is 2.69. The molecule has 34 heavy (non-hydrogen) atoms. The molecule has 3 fully saturated rings. The molecule has 1 aliphatic heterocycles. The van der Waals surface area contributed by atoms with E-state index in [0.717, 1.165) is 25.7 Å². The summed E-state index contributed by atoms with van der Waals surface area (Å²) in [5.74, 6) is 2.02. The molecule has 3 heterocycles. The molecule has 3 atom stereocenters. The maximum absolute atomic E-state index is 13.5. The zero-order valence-electron chi connectivity index (χ0n) is 19.1. The number of aromatic nitrogens is 5. The van der Waals surface area contributed by atoms with Crippen LogP contribution in [0.4, 0.5) is 5.95 Å². The Morgan fingerprint density at radius 3 is 2.38 bits per heavy atom. The van der Waals surface area contributed by atoms with Gasteiger partial charge in [0.15, 0.2) is 11.6 Å². The average molecular weight is 513 g/mol. The van der Waals surface area contributed by atoms with Gasteiger partial charge in [-0.25, -0.2) is 18.4 Å². The van der Waals surface area contributed by atoms with Gasteiger partial charge in [-0.05, 0) is 44.4 Å². The van der Waals surface area contributed by atoms with Crippen LogP contribution in [0.15, 0.2) is 12.4 Å². The molecular formula is C21H29ClN6O5S. The summed E-state index contributed by atoms with van der Waals surface area (Å²) in [6.07, 6.45) is 5.99. The first-order valence-electron chi connectivity index (χ1n) is 11.5. The molecule has 0 radical (unpaired) electrons. The van der Waals surface area contributed by atoms with Crippen LogP contribution in [0.1, 0.15) is 62.5 Å². The zero-order chi connectivity index (χ0) is 23.9. The Balaban J connectivity index is 1.45. The summed E-state index contributed by atoms with van der Waals surface area (Å²) in [6.45, 7) is 2.90. The fraction of sp³-hybridized carbons (Fsp3) is 0.714. The summed E-state index contributed by atoms with van der Waals surface area (Å²) >= 11 is 5.88. The van der Waals surface area contributed by atoms with Crippen LogP contribution in [0.5, 0.6) is 0 Å². The summed E-state index contributed by atoms with van der Waals surface area (Å²) in [4.78, 5) is 8.28. The highest BCUT2D eigenvalue weighted by molar-refractivity contribution is 7.93. The van der Waals surface area contributed by atoms with Crippen molar-refractivity contribution in [2.75, 3.05) is 31.7 Å². The van der Waals surface area contributed by atoms with E-state index in [4.69, 9.17) is 25.8 Å². The summed E-state index contributed by atoms with van der Waals surface area (Å²) in [5, 5.41) is 7.98. The van der Waals surface area contributed by atoms with E-state index in [9.17, 15) is 8.42 Å². The largest absolute Gasteiger partial charge is 0.376 e. The Labute approximate surface area is 203 Å². The minimum absolute atomic E-state index is 0.140. The van der Waals surface area contributed by atoms with Gasteiger partial charge < -0.3 is 14.2 Å². The zero-order valence-corrected chi connectivity index (χ0v) is 20.7. The molecule has 3 aliphatic rings. The number of nitrogens with zero attached hydrogens (tertiary/aromatic N) is 5. The Morgan fingerprint density at radius 1 is 1.15 bits per heavy atom. The second-order valence-corrected chi connectivity index (χ2v) is 11.6. The first-order valence-corrected chi connectivity index (χ1v) is 13.5. The molecule has 11 nitrogen and oxygen atoms in total. The second kappa shape index (κ2) is 9.65. The number of rotatable bonds is 10. The first-order chi connectivity index (χ1) is 16.4. The summed E-state index contributed by atoms with van der Waals surface area (Å²) < 4.78 is 48.5. The van der Waals surface area contributed by atoms with Crippen LogP contribution >= 0.6 is 11.6 Å². The molecular weight excluding hydrogens is 484 g/mol. The SMILES string of the molecule is CO[C@H](c1ncc(Cl)cn1)[C@H](C)S(=O)(=O)Nc1nnc([C@@H]2COCCO2)n1C(C1CC1)C1CC1. The summed E-state index contributed by atoms with van der Waals surface area (Å²) in [5.41, 5.74) is 0. The highest BCUT2D eigenvalue weighted by Gasteiger charge is 2.46. The number of hydrogen-bond donors (Lipinski definition) is 1. The van der Waals surface area contributed by atoms with Crippen molar-refractivity contribution in [2.24, 2.45) is 11.8 Å². The number of hydrogen-bond acceptors (Lipinski definition) is 9. The van der Waals surface area contributed by atoms with Crippen molar-refractivity contribution in [3.63, 3.8) is 0 Å². The standard InChI is InChI=1S/C21H29ClN6O5S/c1-12(18(31-2)19-23-9-15(22)10-24-19)34(29,30)27-21-26-25-20(16-11-32-7-8-33-16)28(21)17(13-3-4-13)14-5-6-14/h9-10,12-14,16-18H,3-8,11H2,1-2H3,(H,26,27)/t12-,16-,18-/m0/s1. The van der Waals surface area contributed by atoms with E-state index < -0.39 is 21.4 Å². The van der Waals surface area contributed by atoms with Crippen LogP contribution < -0.4 is 4.72 Å². The van der Waals surface area contributed by atoms with E-state index in [1.165, 1.54) is 19.5 Å².